The highest BCUT2D eigenvalue weighted by molar-refractivity contribution is 6.49. The fourth-order valence-electron chi connectivity index (χ4n) is 1.89. The second-order valence-electron chi connectivity index (χ2n) is 3.60. The zero-order valence-corrected chi connectivity index (χ0v) is 7.85. The van der Waals surface area contributed by atoms with Crippen LogP contribution in [0, 0.1) is 13.8 Å². The standard InChI is InChI=1S/C10H13BO/c1-6-4-7(2)10-9(5-6)8(3)12-11-10/h4-5,8,11H,1-3H3. The van der Waals surface area contributed by atoms with Crippen LogP contribution < -0.4 is 5.46 Å². The Morgan fingerprint density at radius 2 is 2.08 bits per heavy atom. The summed E-state index contributed by atoms with van der Waals surface area (Å²) in [5, 5.41) is 0. The molecule has 62 valence electrons. The summed E-state index contributed by atoms with van der Waals surface area (Å²) >= 11 is 0. The first kappa shape index (κ1) is 7.87. The third-order valence-corrected chi connectivity index (χ3v) is 2.57. The zero-order chi connectivity index (χ0) is 8.72. The Morgan fingerprint density at radius 1 is 1.33 bits per heavy atom. The van der Waals surface area contributed by atoms with Crippen molar-refractivity contribution in [2.75, 3.05) is 0 Å². The molecule has 1 aliphatic rings. The van der Waals surface area contributed by atoms with Crippen molar-refractivity contribution in [3.05, 3.63) is 28.8 Å². The monoisotopic (exact) mass is 160 g/mol. The first-order valence-corrected chi connectivity index (χ1v) is 4.40. The topological polar surface area (TPSA) is 9.23 Å². The highest BCUT2D eigenvalue weighted by Gasteiger charge is 2.21. The van der Waals surface area contributed by atoms with Gasteiger partial charge < -0.3 is 4.65 Å². The number of aryl methyl sites for hydroxylation is 2. The van der Waals surface area contributed by atoms with Crippen molar-refractivity contribution in [3.63, 3.8) is 0 Å². The zero-order valence-electron chi connectivity index (χ0n) is 7.85. The minimum absolute atomic E-state index is 0.290. The molecule has 0 radical (unpaired) electrons. The molecule has 1 unspecified atom stereocenters. The van der Waals surface area contributed by atoms with Crippen molar-refractivity contribution in [2.45, 2.75) is 26.9 Å². The minimum Gasteiger partial charge on any atom is -0.428 e. The summed E-state index contributed by atoms with van der Waals surface area (Å²) < 4.78 is 5.56. The van der Waals surface area contributed by atoms with Crippen LogP contribution in [0.15, 0.2) is 12.1 Å². The maximum Gasteiger partial charge on any atom is 0.310 e. The Kier molecular flexibility index (Phi) is 1.73. The molecular weight excluding hydrogens is 147 g/mol. The predicted molar refractivity (Wildman–Crippen MR) is 52.2 cm³/mol. The summed E-state index contributed by atoms with van der Waals surface area (Å²) in [6, 6.07) is 4.46. The van der Waals surface area contributed by atoms with E-state index in [1.165, 1.54) is 22.2 Å². The Labute approximate surface area is 74.0 Å². The Hall–Kier alpha value is -0.755. The predicted octanol–water partition coefficient (Wildman–Crippen LogP) is 1.37. The van der Waals surface area contributed by atoms with Gasteiger partial charge in [-0.25, -0.2) is 0 Å². The molecule has 0 aliphatic carbocycles. The molecular formula is C10H13BO. The lowest BCUT2D eigenvalue weighted by molar-refractivity contribution is 0.258. The van der Waals surface area contributed by atoms with Gasteiger partial charge in [0.05, 0.1) is 6.10 Å². The van der Waals surface area contributed by atoms with Crippen LogP contribution in [0.25, 0.3) is 0 Å². The lowest BCUT2D eigenvalue weighted by Crippen LogP contribution is -2.15. The fourth-order valence-corrected chi connectivity index (χ4v) is 1.89. The van der Waals surface area contributed by atoms with Gasteiger partial charge in [0.2, 0.25) is 0 Å². The average molecular weight is 160 g/mol. The van der Waals surface area contributed by atoms with Crippen molar-refractivity contribution in [3.8, 4) is 0 Å². The van der Waals surface area contributed by atoms with Gasteiger partial charge in [-0.2, -0.15) is 0 Å². The summed E-state index contributed by atoms with van der Waals surface area (Å²) in [5.41, 5.74) is 5.48. The van der Waals surface area contributed by atoms with Crippen LogP contribution in [-0.4, -0.2) is 7.48 Å². The smallest absolute Gasteiger partial charge is 0.310 e. The molecule has 0 aromatic heterocycles. The third-order valence-electron chi connectivity index (χ3n) is 2.57. The van der Waals surface area contributed by atoms with Gasteiger partial charge in [0.25, 0.3) is 0 Å². The minimum atomic E-state index is 0.290. The molecule has 1 heterocycles. The van der Waals surface area contributed by atoms with Gasteiger partial charge in [-0.15, -0.1) is 0 Å². The number of rotatable bonds is 0. The number of hydrogen-bond donors (Lipinski definition) is 0. The molecule has 1 nitrogen and oxygen atoms in total. The summed E-state index contributed by atoms with van der Waals surface area (Å²) in [6.45, 7) is 6.41. The molecule has 0 spiro atoms. The second-order valence-corrected chi connectivity index (χ2v) is 3.60. The van der Waals surface area contributed by atoms with E-state index in [-0.39, 0.29) is 0 Å². The van der Waals surface area contributed by atoms with Gasteiger partial charge in [0.1, 0.15) is 0 Å². The first-order chi connectivity index (χ1) is 5.68. The lowest BCUT2D eigenvalue weighted by Gasteiger charge is -2.07. The van der Waals surface area contributed by atoms with E-state index < -0.39 is 0 Å². The lowest BCUT2D eigenvalue weighted by atomic mass is 9.82. The highest BCUT2D eigenvalue weighted by Crippen LogP contribution is 2.22. The number of hydrogen-bond acceptors (Lipinski definition) is 1. The van der Waals surface area contributed by atoms with E-state index in [1.54, 1.807) is 0 Å². The van der Waals surface area contributed by atoms with E-state index in [1.807, 2.05) is 0 Å². The van der Waals surface area contributed by atoms with E-state index in [0.717, 1.165) is 7.48 Å². The molecule has 1 aliphatic heterocycles. The van der Waals surface area contributed by atoms with Gasteiger partial charge >= 0.3 is 7.48 Å². The van der Waals surface area contributed by atoms with E-state index in [2.05, 4.69) is 32.9 Å². The summed E-state index contributed by atoms with van der Waals surface area (Å²) in [7, 11) is 0.794. The van der Waals surface area contributed by atoms with Crippen molar-refractivity contribution in [1.29, 1.82) is 0 Å². The van der Waals surface area contributed by atoms with Crippen LogP contribution in [0.2, 0.25) is 0 Å². The van der Waals surface area contributed by atoms with Gasteiger partial charge in [-0.3, -0.25) is 0 Å². The number of benzene rings is 1. The molecule has 0 amide bonds. The Bertz CT molecular complexity index is 320. The SMILES string of the molecule is Cc1cc(C)c2c(c1)C(C)OB2. The molecule has 12 heavy (non-hydrogen) atoms. The first-order valence-electron chi connectivity index (χ1n) is 4.40. The normalized spacial score (nSPS) is 20.4. The number of fused-ring (bicyclic) bond motifs is 1. The molecule has 0 fully saturated rings. The summed E-state index contributed by atoms with van der Waals surface area (Å²) in [4.78, 5) is 0. The van der Waals surface area contributed by atoms with E-state index >= 15 is 0 Å². The Morgan fingerprint density at radius 3 is 2.83 bits per heavy atom. The summed E-state index contributed by atoms with van der Waals surface area (Å²) in [5.74, 6) is 0. The highest BCUT2D eigenvalue weighted by atomic mass is 16.4. The van der Waals surface area contributed by atoms with Crippen LogP contribution in [-0.2, 0) is 4.65 Å². The maximum absolute atomic E-state index is 5.56. The molecule has 0 N–H and O–H groups in total. The molecule has 2 rings (SSSR count). The Balaban J connectivity index is 2.60. The van der Waals surface area contributed by atoms with E-state index in [4.69, 9.17) is 4.65 Å². The molecule has 0 saturated heterocycles. The van der Waals surface area contributed by atoms with Crippen LogP contribution in [0.5, 0.6) is 0 Å². The van der Waals surface area contributed by atoms with Gasteiger partial charge in [0, 0.05) is 0 Å². The van der Waals surface area contributed by atoms with Crippen LogP contribution in [0.3, 0.4) is 0 Å². The fraction of sp³-hybridized carbons (Fsp3) is 0.400. The summed E-state index contributed by atoms with van der Waals surface area (Å²) in [6.07, 6.45) is 0.290. The average Bonchev–Trinajstić information content (AvgIpc) is 2.33. The largest absolute Gasteiger partial charge is 0.428 e. The quantitative estimate of drug-likeness (QED) is 0.521. The van der Waals surface area contributed by atoms with Gasteiger partial charge in [-0.05, 0) is 31.8 Å². The van der Waals surface area contributed by atoms with Crippen molar-refractivity contribution >= 4 is 12.9 Å². The van der Waals surface area contributed by atoms with Gasteiger partial charge in [0.15, 0.2) is 0 Å². The van der Waals surface area contributed by atoms with E-state index in [0.29, 0.717) is 6.10 Å². The molecule has 2 heteroatoms. The van der Waals surface area contributed by atoms with Crippen LogP contribution in [0.1, 0.15) is 29.7 Å². The molecule has 1 aromatic carbocycles. The third kappa shape index (κ3) is 1.07. The molecule has 0 bridgehead atoms. The molecule has 1 atom stereocenters. The second kappa shape index (κ2) is 2.63. The van der Waals surface area contributed by atoms with Crippen molar-refractivity contribution < 1.29 is 4.65 Å². The van der Waals surface area contributed by atoms with Crippen molar-refractivity contribution in [2.24, 2.45) is 0 Å². The molecule has 1 aromatic rings. The van der Waals surface area contributed by atoms with Crippen LogP contribution >= 0.6 is 0 Å². The van der Waals surface area contributed by atoms with Gasteiger partial charge in [-0.1, -0.05) is 23.3 Å². The van der Waals surface area contributed by atoms with Crippen molar-refractivity contribution in [1.82, 2.24) is 0 Å². The maximum atomic E-state index is 5.56. The molecule has 0 saturated carbocycles. The van der Waals surface area contributed by atoms with Crippen LogP contribution in [0.4, 0.5) is 0 Å². The van der Waals surface area contributed by atoms with E-state index in [9.17, 15) is 0 Å².